The highest BCUT2D eigenvalue weighted by Gasteiger charge is 2.16. The first-order valence-electron chi connectivity index (χ1n) is 6.51. The Morgan fingerprint density at radius 2 is 1.89 bits per heavy atom. The molecule has 0 saturated heterocycles. The zero-order valence-corrected chi connectivity index (χ0v) is 11.0. The van der Waals surface area contributed by atoms with Gasteiger partial charge in [0.25, 0.3) is 0 Å². The van der Waals surface area contributed by atoms with Crippen LogP contribution < -0.4 is 11.3 Å². The van der Waals surface area contributed by atoms with E-state index in [9.17, 15) is 8.78 Å². The number of hydrogen-bond donors (Lipinski definition) is 2. The van der Waals surface area contributed by atoms with Gasteiger partial charge in [-0.05, 0) is 30.4 Å². The molecule has 1 unspecified atom stereocenters. The van der Waals surface area contributed by atoms with Gasteiger partial charge in [0.2, 0.25) is 0 Å². The van der Waals surface area contributed by atoms with Gasteiger partial charge in [-0.1, -0.05) is 38.8 Å². The van der Waals surface area contributed by atoms with Gasteiger partial charge in [0.15, 0.2) is 11.6 Å². The van der Waals surface area contributed by atoms with Crippen molar-refractivity contribution in [2.75, 3.05) is 0 Å². The first kappa shape index (κ1) is 15.1. The minimum Gasteiger partial charge on any atom is -0.271 e. The van der Waals surface area contributed by atoms with E-state index in [1.807, 2.05) is 0 Å². The van der Waals surface area contributed by atoms with Gasteiger partial charge in [0.05, 0.1) is 0 Å². The van der Waals surface area contributed by atoms with Crippen LogP contribution in [-0.2, 0) is 6.42 Å². The number of nitrogens with two attached hydrogens (primary N) is 1. The van der Waals surface area contributed by atoms with Crippen LogP contribution in [0.1, 0.15) is 38.7 Å². The van der Waals surface area contributed by atoms with Crippen LogP contribution in [0.25, 0.3) is 0 Å². The summed E-state index contributed by atoms with van der Waals surface area (Å²) in [5.74, 6) is 4.50. The van der Waals surface area contributed by atoms with E-state index < -0.39 is 11.6 Å². The molecule has 4 heteroatoms. The molecule has 2 nitrogen and oxygen atoms in total. The Morgan fingerprint density at radius 3 is 2.44 bits per heavy atom. The quantitative estimate of drug-likeness (QED) is 0.581. The number of nitrogens with one attached hydrogen (secondary N) is 1. The Bertz CT molecular complexity index is 365. The third-order valence-corrected chi connectivity index (χ3v) is 3.51. The van der Waals surface area contributed by atoms with Gasteiger partial charge in [0.1, 0.15) is 0 Å². The first-order valence-corrected chi connectivity index (χ1v) is 6.51. The summed E-state index contributed by atoms with van der Waals surface area (Å²) in [5.41, 5.74) is 3.09. The van der Waals surface area contributed by atoms with E-state index in [1.54, 1.807) is 6.07 Å². The van der Waals surface area contributed by atoms with Crippen molar-refractivity contribution < 1.29 is 8.78 Å². The predicted molar refractivity (Wildman–Crippen MR) is 69.9 cm³/mol. The van der Waals surface area contributed by atoms with E-state index in [-0.39, 0.29) is 6.04 Å². The number of benzene rings is 1. The Hall–Kier alpha value is -1.00. The summed E-state index contributed by atoms with van der Waals surface area (Å²) in [5, 5.41) is 0. The number of hydrazine groups is 1. The molecule has 1 aromatic rings. The second-order valence-corrected chi connectivity index (χ2v) is 4.70. The third-order valence-electron chi connectivity index (χ3n) is 3.51. The summed E-state index contributed by atoms with van der Waals surface area (Å²) < 4.78 is 26.7. The van der Waals surface area contributed by atoms with Crippen LogP contribution in [0.2, 0.25) is 0 Å². The largest absolute Gasteiger partial charge is 0.271 e. The minimum atomic E-state index is -0.800. The van der Waals surface area contributed by atoms with Gasteiger partial charge >= 0.3 is 0 Å². The lowest BCUT2D eigenvalue weighted by Gasteiger charge is -2.21. The van der Waals surface area contributed by atoms with Gasteiger partial charge in [0, 0.05) is 6.04 Å². The molecule has 0 aromatic heterocycles. The highest BCUT2D eigenvalue weighted by Crippen LogP contribution is 2.19. The SMILES string of the molecule is CCC(CC)CC(Cc1cccc(F)c1F)NN. The molecular weight excluding hydrogens is 234 g/mol. The third kappa shape index (κ3) is 4.03. The van der Waals surface area contributed by atoms with Gasteiger partial charge < -0.3 is 0 Å². The van der Waals surface area contributed by atoms with E-state index in [0.717, 1.165) is 25.3 Å². The molecule has 0 aliphatic heterocycles. The highest BCUT2D eigenvalue weighted by molar-refractivity contribution is 5.20. The van der Waals surface area contributed by atoms with E-state index in [2.05, 4.69) is 19.3 Å². The second kappa shape index (κ2) is 7.44. The van der Waals surface area contributed by atoms with Crippen molar-refractivity contribution in [3.05, 3.63) is 35.4 Å². The zero-order valence-electron chi connectivity index (χ0n) is 11.0. The van der Waals surface area contributed by atoms with Crippen LogP contribution in [0.3, 0.4) is 0 Å². The molecule has 102 valence electrons. The number of halogens is 2. The molecule has 0 heterocycles. The Labute approximate surface area is 108 Å². The molecule has 0 aliphatic rings. The normalized spacial score (nSPS) is 13.0. The van der Waals surface area contributed by atoms with Crippen molar-refractivity contribution in [3.8, 4) is 0 Å². The first-order chi connectivity index (χ1) is 8.62. The van der Waals surface area contributed by atoms with E-state index in [0.29, 0.717) is 17.9 Å². The van der Waals surface area contributed by atoms with Crippen molar-refractivity contribution >= 4 is 0 Å². The molecule has 1 rings (SSSR count). The van der Waals surface area contributed by atoms with Crippen molar-refractivity contribution in [2.45, 2.75) is 45.6 Å². The molecule has 18 heavy (non-hydrogen) atoms. The minimum absolute atomic E-state index is 0.0220. The smallest absolute Gasteiger partial charge is 0.162 e. The lowest BCUT2D eigenvalue weighted by Crippen LogP contribution is -2.38. The van der Waals surface area contributed by atoms with Crippen LogP contribution >= 0.6 is 0 Å². The Morgan fingerprint density at radius 1 is 1.22 bits per heavy atom. The van der Waals surface area contributed by atoms with Crippen LogP contribution in [0.4, 0.5) is 8.78 Å². The van der Waals surface area contributed by atoms with Crippen molar-refractivity contribution in [2.24, 2.45) is 11.8 Å². The fourth-order valence-corrected chi connectivity index (χ4v) is 2.21. The molecule has 1 aromatic carbocycles. The summed E-state index contributed by atoms with van der Waals surface area (Å²) >= 11 is 0. The van der Waals surface area contributed by atoms with Crippen LogP contribution in [0, 0.1) is 17.6 Å². The summed E-state index contributed by atoms with van der Waals surface area (Å²) in [6.07, 6.45) is 3.43. The maximum atomic E-state index is 13.6. The Kier molecular flexibility index (Phi) is 6.22. The summed E-state index contributed by atoms with van der Waals surface area (Å²) in [4.78, 5) is 0. The van der Waals surface area contributed by atoms with E-state index >= 15 is 0 Å². The van der Waals surface area contributed by atoms with Gasteiger partial charge in [-0.3, -0.25) is 11.3 Å². The summed E-state index contributed by atoms with van der Waals surface area (Å²) in [6, 6.07) is 4.24. The van der Waals surface area contributed by atoms with Crippen LogP contribution in [0.15, 0.2) is 18.2 Å². The van der Waals surface area contributed by atoms with Crippen molar-refractivity contribution in [1.82, 2.24) is 5.43 Å². The molecule has 0 amide bonds. The summed E-state index contributed by atoms with van der Waals surface area (Å²) in [7, 11) is 0. The molecule has 0 fully saturated rings. The maximum Gasteiger partial charge on any atom is 0.162 e. The zero-order chi connectivity index (χ0) is 13.5. The standard InChI is InChI=1S/C14H22F2N2/c1-3-10(4-2)8-12(18-17)9-11-6-5-7-13(15)14(11)16/h5-7,10,12,18H,3-4,8-9,17H2,1-2H3. The van der Waals surface area contributed by atoms with Crippen LogP contribution in [-0.4, -0.2) is 6.04 Å². The molecular formula is C14H22F2N2. The van der Waals surface area contributed by atoms with Crippen molar-refractivity contribution in [3.63, 3.8) is 0 Å². The fourth-order valence-electron chi connectivity index (χ4n) is 2.21. The van der Waals surface area contributed by atoms with Gasteiger partial charge in [-0.15, -0.1) is 0 Å². The molecule has 0 radical (unpaired) electrons. The monoisotopic (exact) mass is 256 g/mol. The second-order valence-electron chi connectivity index (χ2n) is 4.70. The average molecular weight is 256 g/mol. The maximum absolute atomic E-state index is 13.6. The van der Waals surface area contributed by atoms with Crippen molar-refractivity contribution in [1.29, 1.82) is 0 Å². The number of rotatable bonds is 7. The fraction of sp³-hybridized carbons (Fsp3) is 0.571. The van der Waals surface area contributed by atoms with E-state index in [4.69, 9.17) is 5.84 Å². The highest BCUT2D eigenvalue weighted by atomic mass is 19.2. The molecule has 3 N–H and O–H groups in total. The molecule has 1 atom stereocenters. The Balaban J connectivity index is 2.70. The molecule has 0 aliphatic carbocycles. The lowest BCUT2D eigenvalue weighted by atomic mass is 9.91. The molecule has 0 bridgehead atoms. The van der Waals surface area contributed by atoms with Crippen LogP contribution in [0.5, 0.6) is 0 Å². The summed E-state index contributed by atoms with van der Waals surface area (Å²) in [6.45, 7) is 4.26. The molecule has 0 spiro atoms. The molecule has 0 saturated carbocycles. The van der Waals surface area contributed by atoms with E-state index in [1.165, 1.54) is 6.07 Å². The van der Waals surface area contributed by atoms with Gasteiger partial charge in [-0.2, -0.15) is 0 Å². The number of hydrogen-bond acceptors (Lipinski definition) is 2. The lowest BCUT2D eigenvalue weighted by molar-refractivity contribution is 0.362. The van der Waals surface area contributed by atoms with Gasteiger partial charge in [-0.25, -0.2) is 8.78 Å². The topological polar surface area (TPSA) is 38.0 Å². The predicted octanol–water partition coefficient (Wildman–Crippen LogP) is 3.17. The average Bonchev–Trinajstić information content (AvgIpc) is 2.39.